The molecule has 0 aliphatic heterocycles. The summed E-state index contributed by atoms with van der Waals surface area (Å²) in [6, 6.07) is 2.42. The van der Waals surface area contributed by atoms with Gasteiger partial charge in [0.15, 0.2) is 9.04 Å². The third-order valence-electron chi connectivity index (χ3n) is 1.94. The van der Waals surface area contributed by atoms with Crippen molar-refractivity contribution in [1.82, 2.24) is 0 Å². The summed E-state index contributed by atoms with van der Waals surface area (Å²) in [5, 5.41) is 0. The first kappa shape index (κ1) is 12.1. The maximum absolute atomic E-state index is 5.86. The first-order valence-electron chi connectivity index (χ1n) is 5.05. The van der Waals surface area contributed by atoms with Gasteiger partial charge in [-0.3, -0.25) is 0 Å². The second-order valence-corrected chi connectivity index (χ2v) is 6.02. The van der Waals surface area contributed by atoms with Crippen LogP contribution in [0.1, 0.15) is 34.1 Å². The number of rotatable bonds is 7. The Kier molecular flexibility index (Phi) is 7.86. The van der Waals surface area contributed by atoms with E-state index >= 15 is 0 Å². The highest BCUT2D eigenvalue weighted by Gasteiger charge is 2.12. The molecule has 0 spiro atoms. The zero-order valence-corrected chi connectivity index (χ0v) is 9.95. The van der Waals surface area contributed by atoms with E-state index in [-0.39, 0.29) is 6.29 Å². The van der Waals surface area contributed by atoms with Crippen molar-refractivity contribution in [3.63, 3.8) is 0 Å². The molecule has 0 radical (unpaired) electrons. The summed E-state index contributed by atoms with van der Waals surface area (Å²) in [6.07, 6.45) is 1.03. The molecule has 0 aliphatic carbocycles. The van der Waals surface area contributed by atoms with Crippen molar-refractivity contribution in [3.05, 3.63) is 0 Å². The first-order chi connectivity index (χ1) is 5.78. The second-order valence-electron chi connectivity index (χ2n) is 2.87. The van der Waals surface area contributed by atoms with Gasteiger partial charge in [0, 0.05) is 6.61 Å². The molecule has 0 aromatic heterocycles. The van der Waals surface area contributed by atoms with Gasteiger partial charge in [0.2, 0.25) is 0 Å². The third-order valence-corrected chi connectivity index (χ3v) is 4.45. The van der Waals surface area contributed by atoms with Crippen LogP contribution in [-0.2, 0) is 9.16 Å². The lowest BCUT2D eigenvalue weighted by molar-refractivity contribution is -0.0796. The smallest absolute Gasteiger partial charge is 0.179 e. The molecule has 3 heteroatoms. The summed E-state index contributed by atoms with van der Waals surface area (Å²) in [5.74, 6) is 0. The van der Waals surface area contributed by atoms with E-state index in [4.69, 9.17) is 9.16 Å². The average molecular weight is 190 g/mol. The van der Waals surface area contributed by atoms with Crippen LogP contribution >= 0.6 is 0 Å². The summed E-state index contributed by atoms with van der Waals surface area (Å²) in [6.45, 7) is 9.29. The molecule has 0 N–H and O–H groups in total. The van der Waals surface area contributed by atoms with Crippen LogP contribution in [-0.4, -0.2) is 21.9 Å². The van der Waals surface area contributed by atoms with Crippen LogP contribution < -0.4 is 0 Å². The minimum absolute atomic E-state index is 0.0616. The van der Waals surface area contributed by atoms with Crippen LogP contribution in [0.2, 0.25) is 12.1 Å². The molecule has 0 aromatic rings. The summed E-state index contributed by atoms with van der Waals surface area (Å²) in [5.41, 5.74) is 0. The van der Waals surface area contributed by atoms with Crippen LogP contribution in [0.3, 0.4) is 0 Å². The fourth-order valence-electron chi connectivity index (χ4n) is 1.14. The molecule has 1 atom stereocenters. The van der Waals surface area contributed by atoms with Gasteiger partial charge in [-0.15, -0.1) is 0 Å². The van der Waals surface area contributed by atoms with Gasteiger partial charge in [0.05, 0.1) is 0 Å². The van der Waals surface area contributed by atoms with Gasteiger partial charge < -0.3 is 9.16 Å². The zero-order chi connectivity index (χ0) is 9.40. The van der Waals surface area contributed by atoms with Crippen molar-refractivity contribution in [2.24, 2.45) is 0 Å². The van der Waals surface area contributed by atoms with Crippen molar-refractivity contribution >= 4 is 9.04 Å². The van der Waals surface area contributed by atoms with E-state index < -0.39 is 9.04 Å². The lowest BCUT2D eigenvalue weighted by Gasteiger charge is -2.21. The molecule has 12 heavy (non-hydrogen) atoms. The van der Waals surface area contributed by atoms with Gasteiger partial charge >= 0.3 is 0 Å². The quantitative estimate of drug-likeness (QED) is 0.454. The summed E-state index contributed by atoms with van der Waals surface area (Å²) >= 11 is 0. The highest BCUT2D eigenvalue weighted by atomic mass is 28.3. The van der Waals surface area contributed by atoms with Crippen LogP contribution in [0.25, 0.3) is 0 Å². The number of ether oxygens (including phenoxy) is 1. The first-order valence-corrected chi connectivity index (χ1v) is 7.15. The van der Waals surface area contributed by atoms with E-state index in [9.17, 15) is 0 Å². The molecule has 0 fully saturated rings. The Morgan fingerprint density at radius 3 is 2.00 bits per heavy atom. The Labute approximate surface area is 78.0 Å². The zero-order valence-electron chi connectivity index (χ0n) is 8.80. The highest BCUT2D eigenvalue weighted by Crippen LogP contribution is 2.08. The monoisotopic (exact) mass is 190 g/mol. The normalized spacial score (nSPS) is 13.8. The summed E-state index contributed by atoms with van der Waals surface area (Å²) in [7, 11) is -0.924. The van der Waals surface area contributed by atoms with Gasteiger partial charge in [-0.1, -0.05) is 20.8 Å². The summed E-state index contributed by atoms with van der Waals surface area (Å²) in [4.78, 5) is 0. The van der Waals surface area contributed by atoms with E-state index in [0.29, 0.717) is 0 Å². The molecule has 0 rings (SSSR count). The molecule has 0 heterocycles. The Bertz CT molecular complexity index is 94.5. The van der Waals surface area contributed by atoms with E-state index in [1.54, 1.807) is 0 Å². The Morgan fingerprint density at radius 1 is 1.08 bits per heavy atom. The molecule has 74 valence electrons. The largest absolute Gasteiger partial charge is 0.396 e. The molecular formula is C9H22O2Si. The van der Waals surface area contributed by atoms with Crippen molar-refractivity contribution in [2.75, 3.05) is 6.61 Å². The molecule has 0 aliphatic rings. The fraction of sp³-hybridized carbons (Fsp3) is 1.00. The van der Waals surface area contributed by atoms with E-state index in [2.05, 4.69) is 20.8 Å². The van der Waals surface area contributed by atoms with Crippen LogP contribution in [0.5, 0.6) is 0 Å². The number of hydrogen-bond acceptors (Lipinski definition) is 2. The van der Waals surface area contributed by atoms with Gasteiger partial charge in [0.25, 0.3) is 0 Å². The third kappa shape index (κ3) is 4.90. The molecule has 0 saturated carbocycles. The van der Waals surface area contributed by atoms with Crippen LogP contribution in [0.15, 0.2) is 0 Å². The average Bonchev–Trinajstić information content (AvgIpc) is 2.12. The standard InChI is InChI=1S/C9H22O2Si/c1-5-9(10-6-2)11-12(7-3)8-4/h9,12H,5-8H2,1-4H3. The minimum Gasteiger partial charge on any atom is -0.396 e. The summed E-state index contributed by atoms with van der Waals surface area (Å²) < 4.78 is 11.3. The highest BCUT2D eigenvalue weighted by molar-refractivity contribution is 6.51. The van der Waals surface area contributed by atoms with Gasteiger partial charge in [0.1, 0.15) is 6.29 Å². The topological polar surface area (TPSA) is 18.5 Å². The lowest BCUT2D eigenvalue weighted by Crippen LogP contribution is -2.26. The molecule has 1 unspecified atom stereocenters. The van der Waals surface area contributed by atoms with E-state index in [0.717, 1.165) is 13.0 Å². The molecule has 0 saturated heterocycles. The maximum atomic E-state index is 5.86. The van der Waals surface area contributed by atoms with Crippen molar-refractivity contribution in [3.8, 4) is 0 Å². The van der Waals surface area contributed by atoms with Crippen LogP contribution in [0, 0.1) is 0 Å². The molecule has 0 amide bonds. The predicted octanol–water partition coefficient (Wildman–Crippen LogP) is 2.54. The SMILES string of the molecule is CCOC(CC)O[SiH](CC)CC. The van der Waals surface area contributed by atoms with Crippen molar-refractivity contribution in [1.29, 1.82) is 0 Å². The van der Waals surface area contributed by atoms with Crippen molar-refractivity contribution in [2.45, 2.75) is 52.5 Å². The Balaban J connectivity index is 3.65. The molecule has 0 bridgehead atoms. The molecule has 2 nitrogen and oxygen atoms in total. The maximum Gasteiger partial charge on any atom is 0.179 e. The van der Waals surface area contributed by atoms with Gasteiger partial charge in [-0.2, -0.15) is 0 Å². The van der Waals surface area contributed by atoms with Gasteiger partial charge in [-0.25, -0.2) is 0 Å². The number of hydrogen-bond donors (Lipinski definition) is 0. The predicted molar refractivity (Wildman–Crippen MR) is 54.9 cm³/mol. The van der Waals surface area contributed by atoms with Gasteiger partial charge in [-0.05, 0) is 25.4 Å². The Morgan fingerprint density at radius 2 is 1.67 bits per heavy atom. The van der Waals surface area contributed by atoms with Crippen LogP contribution in [0.4, 0.5) is 0 Å². The molecular weight excluding hydrogens is 168 g/mol. The van der Waals surface area contributed by atoms with E-state index in [1.807, 2.05) is 6.92 Å². The lowest BCUT2D eigenvalue weighted by atomic mass is 10.5. The van der Waals surface area contributed by atoms with E-state index in [1.165, 1.54) is 12.1 Å². The second kappa shape index (κ2) is 7.77. The van der Waals surface area contributed by atoms with Crippen molar-refractivity contribution < 1.29 is 9.16 Å². The molecule has 0 aromatic carbocycles. The fourth-order valence-corrected chi connectivity index (χ4v) is 2.80. The minimum atomic E-state index is -0.924. The Hall–Kier alpha value is 0.137.